The molecule has 1 amide bonds. The minimum absolute atomic E-state index is 0.142. The predicted molar refractivity (Wildman–Crippen MR) is 64.7 cm³/mol. The fraction of sp³-hybridized carbons (Fsp3) is 0.833. The topological polar surface area (TPSA) is 78.4 Å². The van der Waals surface area contributed by atoms with E-state index >= 15 is 0 Å². The van der Waals surface area contributed by atoms with Crippen molar-refractivity contribution >= 4 is 11.9 Å². The van der Waals surface area contributed by atoms with E-state index in [-0.39, 0.29) is 5.91 Å². The summed E-state index contributed by atoms with van der Waals surface area (Å²) in [7, 11) is 0. The number of amides is 1. The van der Waals surface area contributed by atoms with Crippen molar-refractivity contribution in [1.82, 2.24) is 10.6 Å². The largest absolute Gasteiger partial charge is 0.480 e. The monoisotopic (exact) mass is 242 g/mol. The van der Waals surface area contributed by atoms with E-state index in [1.54, 1.807) is 0 Å². The lowest BCUT2D eigenvalue weighted by Gasteiger charge is -2.31. The van der Waals surface area contributed by atoms with E-state index in [1.165, 1.54) is 13.8 Å². The summed E-state index contributed by atoms with van der Waals surface area (Å²) in [6.45, 7) is 6.52. The fourth-order valence-electron chi connectivity index (χ4n) is 2.21. The van der Waals surface area contributed by atoms with Crippen molar-refractivity contribution in [2.75, 3.05) is 13.1 Å². The molecular weight excluding hydrogens is 220 g/mol. The molecule has 0 aliphatic carbocycles. The Morgan fingerprint density at radius 3 is 2.53 bits per heavy atom. The third-order valence-electron chi connectivity index (χ3n) is 3.41. The molecule has 0 aromatic carbocycles. The quantitative estimate of drug-likeness (QED) is 0.664. The van der Waals surface area contributed by atoms with Gasteiger partial charge in [-0.3, -0.25) is 4.79 Å². The van der Waals surface area contributed by atoms with Gasteiger partial charge in [-0.25, -0.2) is 4.79 Å². The first-order chi connectivity index (χ1) is 7.84. The van der Waals surface area contributed by atoms with Gasteiger partial charge in [0.25, 0.3) is 0 Å². The molecule has 0 aromatic heterocycles. The van der Waals surface area contributed by atoms with Crippen LogP contribution in [0.1, 0.15) is 40.0 Å². The van der Waals surface area contributed by atoms with Crippen molar-refractivity contribution in [1.29, 1.82) is 0 Å². The second-order valence-corrected chi connectivity index (χ2v) is 5.34. The van der Waals surface area contributed by atoms with Crippen molar-refractivity contribution in [2.24, 2.45) is 5.41 Å². The van der Waals surface area contributed by atoms with Crippen molar-refractivity contribution < 1.29 is 14.7 Å². The molecule has 1 aliphatic rings. The molecule has 1 rings (SSSR count). The van der Waals surface area contributed by atoms with E-state index in [2.05, 4.69) is 10.6 Å². The van der Waals surface area contributed by atoms with Gasteiger partial charge >= 0.3 is 5.97 Å². The number of rotatable bonds is 5. The highest BCUT2D eigenvalue weighted by atomic mass is 16.4. The third kappa shape index (κ3) is 2.97. The molecule has 0 aromatic rings. The zero-order valence-electron chi connectivity index (χ0n) is 10.8. The maximum absolute atomic E-state index is 12.3. The Morgan fingerprint density at radius 2 is 2.12 bits per heavy atom. The Morgan fingerprint density at radius 1 is 1.47 bits per heavy atom. The van der Waals surface area contributed by atoms with Crippen molar-refractivity contribution in [2.45, 2.75) is 45.6 Å². The average molecular weight is 242 g/mol. The molecule has 0 radical (unpaired) electrons. The first kappa shape index (κ1) is 14.0. The Hall–Kier alpha value is -1.10. The van der Waals surface area contributed by atoms with Crippen LogP contribution in [-0.4, -0.2) is 35.6 Å². The van der Waals surface area contributed by atoms with Crippen molar-refractivity contribution in [3.05, 3.63) is 0 Å². The maximum Gasteiger partial charge on any atom is 0.328 e. The maximum atomic E-state index is 12.3. The molecule has 0 spiro atoms. The van der Waals surface area contributed by atoms with E-state index in [1.807, 2.05) is 6.92 Å². The normalized spacial score (nSPS) is 24.6. The van der Waals surface area contributed by atoms with Gasteiger partial charge in [-0.15, -0.1) is 0 Å². The zero-order chi connectivity index (χ0) is 13.1. The molecule has 5 heteroatoms. The number of carboxylic acid groups (broad SMARTS) is 1. The summed E-state index contributed by atoms with van der Waals surface area (Å²) < 4.78 is 0. The molecule has 0 saturated carbocycles. The van der Waals surface area contributed by atoms with Gasteiger partial charge < -0.3 is 15.7 Å². The van der Waals surface area contributed by atoms with Crippen LogP contribution in [0.4, 0.5) is 0 Å². The van der Waals surface area contributed by atoms with Crippen LogP contribution in [0, 0.1) is 5.41 Å². The van der Waals surface area contributed by atoms with Crippen LogP contribution in [0.5, 0.6) is 0 Å². The Bertz CT molecular complexity index is 307. The lowest BCUT2D eigenvalue weighted by molar-refractivity contribution is -0.148. The summed E-state index contributed by atoms with van der Waals surface area (Å²) in [5, 5.41) is 14.8. The first-order valence-electron chi connectivity index (χ1n) is 6.11. The molecule has 3 N–H and O–H groups in total. The molecule has 1 aliphatic heterocycles. The van der Waals surface area contributed by atoms with Gasteiger partial charge in [0.05, 0.1) is 5.41 Å². The second-order valence-electron chi connectivity index (χ2n) is 5.34. The van der Waals surface area contributed by atoms with Crippen LogP contribution in [0.25, 0.3) is 0 Å². The van der Waals surface area contributed by atoms with Gasteiger partial charge in [0.15, 0.2) is 0 Å². The van der Waals surface area contributed by atoms with E-state index in [9.17, 15) is 9.59 Å². The van der Waals surface area contributed by atoms with E-state index < -0.39 is 16.9 Å². The number of carbonyl (C=O) groups excluding carboxylic acids is 1. The number of nitrogens with one attached hydrogen (secondary N) is 2. The Labute approximate surface area is 102 Å². The SMILES string of the molecule is CCCC1(C(=O)NC(C)(C)C(=O)O)CCNC1. The average Bonchev–Trinajstić information content (AvgIpc) is 2.67. The van der Waals surface area contributed by atoms with Crippen LogP contribution in [0.15, 0.2) is 0 Å². The van der Waals surface area contributed by atoms with Crippen molar-refractivity contribution in [3.63, 3.8) is 0 Å². The number of carboxylic acids is 1. The summed E-state index contributed by atoms with van der Waals surface area (Å²) in [5.41, 5.74) is -1.64. The predicted octanol–water partition coefficient (Wildman–Crippen LogP) is 0.746. The number of aliphatic carboxylic acids is 1. The standard InChI is InChI=1S/C12H22N2O3/c1-4-5-12(6-7-13-8-12)9(15)14-11(2,3)10(16)17/h13H,4-8H2,1-3H3,(H,14,15)(H,16,17). The van der Waals surface area contributed by atoms with Crippen LogP contribution in [0.3, 0.4) is 0 Å². The zero-order valence-corrected chi connectivity index (χ0v) is 10.8. The van der Waals surface area contributed by atoms with Gasteiger partial charge in [-0.05, 0) is 33.2 Å². The molecule has 0 bridgehead atoms. The molecule has 1 atom stereocenters. The molecular formula is C12H22N2O3. The van der Waals surface area contributed by atoms with Gasteiger partial charge in [0.2, 0.25) is 5.91 Å². The number of hydrogen-bond acceptors (Lipinski definition) is 3. The molecule has 5 nitrogen and oxygen atoms in total. The van der Waals surface area contributed by atoms with Gasteiger partial charge in [-0.2, -0.15) is 0 Å². The number of hydrogen-bond donors (Lipinski definition) is 3. The minimum Gasteiger partial charge on any atom is -0.480 e. The number of carbonyl (C=O) groups is 2. The van der Waals surface area contributed by atoms with Crippen LogP contribution >= 0.6 is 0 Å². The Balaban J connectivity index is 2.76. The summed E-state index contributed by atoms with van der Waals surface area (Å²) in [5.74, 6) is -1.15. The summed E-state index contributed by atoms with van der Waals surface area (Å²) in [6, 6.07) is 0. The van der Waals surface area contributed by atoms with Crippen LogP contribution in [-0.2, 0) is 9.59 Å². The lowest BCUT2D eigenvalue weighted by Crippen LogP contribution is -2.55. The second kappa shape index (κ2) is 5.04. The van der Waals surface area contributed by atoms with Crippen LogP contribution in [0.2, 0.25) is 0 Å². The molecule has 1 heterocycles. The highest BCUT2D eigenvalue weighted by Crippen LogP contribution is 2.31. The molecule has 17 heavy (non-hydrogen) atoms. The van der Waals surface area contributed by atoms with E-state index in [0.29, 0.717) is 6.54 Å². The highest BCUT2D eigenvalue weighted by Gasteiger charge is 2.43. The smallest absolute Gasteiger partial charge is 0.328 e. The summed E-state index contributed by atoms with van der Waals surface area (Å²) in [4.78, 5) is 23.3. The van der Waals surface area contributed by atoms with Crippen LogP contribution < -0.4 is 10.6 Å². The third-order valence-corrected chi connectivity index (χ3v) is 3.41. The molecule has 98 valence electrons. The minimum atomic E-state index is -1.21. The van der Waals surface area contributed by atoms with Crippen molar-refractivity contribution in [3.8, 4) is 0 Å². The summed E-state index contributed by atoms with van der Waals surface area (Å²) >= 11 is 0. The van der Waals surface area contributed by atoms with E-state index in [0.717, 1.165) is 25.8 Å². The van der Waals surface area contributed by atoms with Gasteiger partial charge in [0, 0.05) is 6.54 Å². The molecule has 1 saturated heterocycles. The molecule has 1 fully saturated rings. The van der Waals surface area contributed by atoms with Gasteiger partial charge in [0.1, 0.15) is 5.54 Å². The summed E-state index contributed by atoms with van der Waals surface area (Å²) in [6.07, 6.45) is 2.49. The van der Waals surface area contributed by atoms with E-state index in [4.69, 9.17) is 5.11 Å². The molecule has 1 unspecified atom stereocenters. The first-order valence-corrected chi connectivity index (χ1v) is 6.11. The Kier molecular flexibility index (Phi) is 4.14. The fourth-order valence-corrected chi connectivity index (χ4v) is 2.21. The lowest BCUT2D eigenvalue weighted by atomic mass is 9.81. The highest BCUT2D eigenvalue weighted by molar-refractivity contribution is 5.89. The van der Waals surface area contributed by atoms with Gasteiger partial charge in [-0.1, -0.05) is 13.3 Å².